The van der Waals surface area contributed by atoms with Crippen molar-refractivity contribution in [1.82, 2.24) is 15.3 Å². The van der Waals surface area contributed by atoms with Crippen LogP contribution in [0.4, 0.5) is 10.3 Å². The number of amides is 1. The zero-order chi connectivity index (χ0) is 19.2. The molecule has 0 spiro atoms. The van der Waals surface area contributed by atoms with Crippen molar-refractivity contribution < 1.29 is 13.9 Å². The summed E-state index contributed by atoms with van der Waals surface area (Å²) in [7, 11) is 0. The Bertz CT molecular complexity index is 832. The third-order valence-electron chi connectivity index (χ3n) is 4.43. The molecule has 3 rings (SSSR count). The van der Waals surface area contributed by atoms with Crippen LogP contribution in [0.1, 0.15) is 30.6 Å². The Morgan fingerprint density at radius 2 is 2.04 bits per heavy atom. The zero-order valence-corrected chi connectivity index (χ0v) is 15.2. The molecule has 1 aliphatic rings. The number of carbonyl (C=O) groups is 1. The highest BCUT2D eigenvalue weighted by Crippen LogP contribution is 2.19. The molecule has 0 bridgehead atoms. The highest BCUT2D eigenvalue weighted by molar-refractivity contribution is 5.76. The number of morpholine rings is 1. The predicted octanol–water partition coefficient (Wildman–Crippen LogP) is 1.56. The lowest BCUT2D eigenvalue weighted by molar-refractivity contribution is -0.121. The number of H-pyrrole nitrogens is 1. The number of halogens is 1. The van der Waals surface area contributed by atoms with Crippen LogP contribution in [0.15, 0.2) is 35.1 Å². The van der Waals surface area contributed by atoms with Crippen molar-refractivity contribution in [2.75, 3.05) is 31.2 Å². The smallest absolute Gasteiger partial charge is 0.252 e. The molecule has 7 nitrogen and oxygen atoms in total. The first-order chi connectivity index (χ1) is 13.0. The number of aromatic nitrogens is 2. The number of ether oxygens (including phenoxy) is 1. The minimum absolute atomic E-state index is 0.123. The molecule has 2 heterocycles. The lowest BCUT2D eigenvalue weighted by Gasteiger charge is -2.27. The monoisotopic (exact) mass is 374 g/mol. The molecule has 1 atom stereocenters. The lowest BCUT2D eigenvalue weighted by Crippen LogP contribution is -2.38. The number of anilines is 1. The van der Waals surface area contributed by atoms with Crippen molar-refractivity contribution in [2.24, 2.45) is 0 Å². The molecule has 8 heteroatoms. The van der Waals surface area contributed by atoms with E-state index in [-0.39, 0.29) is 17.3 Å². The molecular formula is C19H23FN4O3. The van der Waals surface area contributed by atoms with Crippen LogP contribution < -0.4 is 15.8 Å². The van der Waals surface area contributed by atoms with Crippen molar-refractivity contribution in [2.45, 2.75) is 25.8 Å². The summed E-state index contributed by atoms with van der Waals surface area (Å²) in [4.78, 5) is 33.3. The summed E-state index contributed by atoms with van der Waals surface area (Å²) in [6.07, 6.45) is 0.665. The van der Waals surface area contributed by atoms with Gasteiger partial charge in [0.05, 0.1) is 24.9 Å². The number of nitrogens with zero attached hydrogens (tertiary/aromatic N) is 2. The van der Waals surface area contributed by atoms with Crippen molar-refractivity contribution in [3.05, 3.63) is 57.8 Å². The second kappa shape index (κ2) is 8.77. The molecule has 0 aliphatic carbocycles. The molecule has 1 aromatic carbocycles. The van der Waals surface area contributed by atoms with E-state index in [1.165, 1.54) is 18.2 Å². The molecule has 1 amide bonds. The van der Waals surface area contributed by atoms with Gasteiger partial charge < -0.3 is 15.0 Å². The number of hydrogen-bond acceptors (Lipinski definition) is 5. The van der Waals surface area contributed by atoms with Gasteiger partial charge in [0, 0.05) is 32.0 Å². The van der Waals surface area contributed by atoms with Gasteiger partial charge in [0.2, 0.25) is 11.9 Å². The van der Waals surface area contributed by atoms with Crippen molar-refractivity contribution in [3.63, 3.8) is 0 Å². The standard InChI is InChI=1S/C19H23FN4O3/c1-2-17(25)22-16(13-3-5-14(20)6-4-13)11-15-12-18(26)23-19(21-15)24-7-9-27-10-8-24/h3-6,12,16H,2,7-11H2,1H3,(H,22,25)(H,21,23,26). The predicted molar refractivity (Wildman–Crippen MR) is 99.2 cm³/mol. The van der Waals surface area contributed by atoms with Gasteiger partial charge in [-0.2, -0.15) is 0 Å². The van der Waals surface area contributed by atoms with Gasteiger partial charge in [-0.3, -0.25) is 14.6 Å². The summed E-state index contributed by atoms with van der Waals surface area (Å²) in [5.41, 5.74) is 1.07. The Labute approximate surface area is 156 Å². The number of nitrogens with one attached hydrogen (secondary N) is 2. The van der Waals surface area contributed by atoms with Crippen LogP contribution in [-0.2, 0) is 16.0 Å². The summed E-state index contributed by atoms with van der Waals surface area (Å²) < 4.78 is 18.6. The van der Waals surface area contributed by atoms with E-state index in [1.807, 2.05) is 4.90 Å². The molecule has 2 aromatic rings. The van der Waals surface area contributed by atoms with Crippen LogP contribution in [0.25, 0.3) is 0 Å². The van der Waals surface area contributed by atoms with Gasteiger partial charge in [-0.15, -0.1) is 0 Å². The summed E-state index contributed by atoms with van der Waals surface area (Å²) >= 11 is 0. The van der Waals surface area contributed by atoms with Crippen LogP contribution in [0.2, 0.25) is 0 Å². The molecule has 1 unspecified atom stereocenters. The first kappa shape index (κ1) is 19.0. The molecule has 0 radical (unpaired) electrons. The minimum Gasteiger partial charge on any atom is -0.378 e. The SMILES string of the molecule is CCC(=O)NC(Cc1cc(=O)[nH]c(N2CCOCC2)n1)c1ccc(F)cc1. The Hall–Kier alpha value is -2.74. The largest absolute Gasteiger partial charge is 0.378 e. The number of benzene rings is 1. The molecule has 1 aromatic heterocycles. The maximum atomic E-state index is 13.3. The fourth-order valence-electron chi connectivity index (χ4n) is 2.98. The minimum atomic E-state index is -0.398. The van der Waals surface area contributed by atoms with E-state index >= 15 is 0 Å². The number of carbonyl (C=O) groups excluding carboxylic acids is 1. The molecule has 0 saturated carbocycles. The molecule has 27 heavy (non-hydrogen) atoms. The van der Waals surface area contributed by atoms with Crippen molar-refractivity contribution in [3.8, 4) is 0 Å². The molecule has 1 aliphatic heterocycles. The Morgan fingerprint density at radius 1 is 1.33 bits per heavy atom. The van der Waals surface area contributed by atoms with E-state index in [0.717, 1.165) is 5.56 Å². The van der Waals surface area contributed by atoms with Gasteiger partial charge in [0.25, 0.3) is 5.56 Å². The van der Waals surface area contributed by atoms with E-state index in [2.05, 4.69) is 15.3 Å². The van der Waals surface area contributed by atoms with Crippen LogP contribution in [0, 0.1) is 5.82 Å². The highest BCUT2D eigenvalue weighted by atomic mass is 19.1. The summed E-state index contributed by atoms with van der Waals surface area (Å²) in [6.45, 7) is 4.23. The second-order valence-electron chi connectivity index (χ2n) is 6.39. The summed E-state index contributed by atoms with van der Waals surface area (Å²) in [6, 6.07) is 7.00. The number of rotatable bonds is 6. The average molecular weight is 374 g/mol. The normalized spacial score (nSPS) is 15.4. The van der Waals surface area contributed by atoms with Gasteiger partial charge in [-0.1, -0.05) is 19.1 Å². The summed E-state index contributed by atoms with van der Waals surface area (Å²) in [5.74, 6) is 0.0336. The third-order valence-corrected chi connectivity index (χ3v) is 4.43. The maximum absolute atomic E-state index is 13.3. The van der Waals surface area contributed by atoms with Gasteiger partial charge >= 0.3 is 0 Å². The first-order valence-corrected chi connectivity index (χ1v) is 9.03. The van der Waals surface area contributed by atoms with Gasteiger partial charge in [-0.25, -0.2) is 9.37 Å². The quantitative estimate of drug-likeness (QED) is 0.801. The third kappa shape index (κ3) is 5.13. The van der Waals surface area contributed by atoms with E-state index in [1.54, 1.807) is 19.1 Å². The first-order valence-electron chi connectivity index (χ1n) is 9.03. The van der Waals surface area contributed by atoms with E-state index in [0.29, 0.717) is 50.8 Å². The molecule has 144 valence electrons. The maximum Gasteiger partial charge on any atom is 0.252 e. The van der Waals surface area contributed by atoms with E-state index < -0.39 is 6.04 Å². The fourth-order valence-corrected chi connectivity index (χ4v) is 2.98. The molecule has 1 fully saturated rings. The van der Waals surface area contributed by atoms with Crippen LogP contribution in [-0.4, -0.2) is 42.2 Å². The summed E-state index contributed by atoms with van der Waals surface area (Å²) in [5, 5.41) is 2.92. The van der Waals surface area contributed by atoms with Gasteiger partial charge in [0.1, 0.15) is 5.82 Å². The topological polar surface area (TPSA) is 87.3 Å². The van der Waals surface area contributed by atoms with E-state index in [9.17, 15) is 14.0 Å². The number of hydrogen-bond donors (Lipinski definition) is 2. The molecule has 2 N–H and O–H groups in total. The molecular weight excluding hydrogens is 351 g/mol. The average Bonchev–Trinajstić information content (AvgIpc) is 2.68. The van der Waals surface area contributed by atoms with Gasteiger partial charge in [-0.05, 0) is 17.7 Å². The number of aromatic amines is 1. The van der Waals surface area contributed by atoms with Crippen LogP contribution in [0.5, 0.6) is 0 Å². The fraction of sp³-hybridized carbons (Fsp3) is 0.421. The van der Waals surface area contributed by atoms with Crippen LogP contribution >= 0.6 is 0 Å². The Kier molecular flexibility index (Phi) is 6.18. The molecule has 1 saturated heterocycles. The van der Waals surface area contributed by atoms with Crippen LogP contribution in [0.3, 0.4) is 0 Å². The second-order valence-corrected chi connectivity index (χ2v) is 6.39. The van der Waals surface area contributed by atoms with Crippen molar-refractivity contribution >= 4 is 11.9 Å². The lowest BCUT2D eigenvalue weighted by atomic mass is 10.0. The zero-order valence-electron chi connectivity index (χ0n) is 15.2. The Balaban J connectivity index is 1.86. The van der Waals surface area contributed by atoms with Gasteiger partial charge in [0.15, 0.2) is 0 Å². The van der Waals surface area contributed by atoms with Crippen molar-refractivity contribution in [1.29, 1.82) is 0 Å². The Morgan fingerprint density at radius 3 is 2.70 bits per heavy atom. The highest BCUT2D eigenvalue weighted by Gasteiger charge is 2.18. The van der Waals surface area contributed by atoms with E-state index in [4.69, 9.17) is 4.74 Å².